The van der Waals surface area contributed by atoms with Crippen molar-refractivity contribution < 1.29 is 0 Å². The predicted molar refractivity (Wildman–Crippen MR) is 86.1 cm³/mol. The molecule has 100 valence electrons. The van der Waals surface area contributed by atoms with E-state index < -0.39 is 0 Å². The van der Waals surface area contributed by atoms with E-state index in [1.54, 1.807) is 0 Å². The van der Waals surface area contributed by atoms with Gasteiger partial charge in [-0.05, 0) is 65.7 Å². The van der Waals surface area contributed by atoms with E-state index in [4.69, 9.17) is 0 Å². The fourth-order valence-electron chi connectivity index (χ4n) is 2.83. The molecule has 1 saturated carbocycles. The molecule has 1 aromatic rings. The molecule has 0 atom stereocenters. The van der Waals surface area contributed by atoms with Gasteiger partial charge in [-0.1, -0.05) is 35.7 Å². The first-order valence-electron chi connectivity index (χ1n) is 6.90. The molecular weight excluding hydrogens is 354 g/mol. The first-order chi connectivity index (χ1) is 8.69. The standard InChI is InChI=1S/C15H21Br2N/c1-2-3-11-4-7-13(8-5-11)18-15-9-6-12(16)10-14(15)17/h6,9-11,13,18H,2-5,7-8H2,1H3. The Kier molecular flexibility index (Phi) is 5.56. The van der Waals surface area contributed by atoms with E-state index in [1.807, 2.05) is 0 Å². The maximum absolute atomic E-state index is 3.67. The van der Waals surface area contributed by atoms with Crippen LogP contribution in [0.4, 0.5) is 5.69 Å². The van der Waals surface area contributed by atoms with Gasteiger partial charge in [0.15, 0.2) is 0 Å². The Hall–Kier alpha value is -0.0200. The van der Waals surface area contributed by atoms with E-state index in [9.17, 15) is 0 Å². The summed E-state index contributed by atoms with van der Waals surface area (Å²) in [5.74, 6) is 0.974. The van der Waals surface area contributed by atoms with Crippen LogP contribution in [0.25, 0.3) is 0 Å². The van der Waals surface area contributed by atoms with Crippen molar-refractivity contribution in [1.82, 2.24) is 0 Å². The van der Waals surface area contributed by atoms with Crippen LogP contribution in [0.3, 0.4) is 0 Å². The Bertz CT molecular complexity index is 384. The van der Waals surface area contributed by atoms with Crippen molar-refractivity contribution in [2.75, 3.05) is 5.32 Å². The molecule has 0 amide bonds. The monoisotopic (exact) mass is 373 g/mol. The zero-order chi connectivity index (χ0) is 13.0. The summed E-state index contributed by atoms with van der Waals surface area (Å²) in [6.45, 7) is 2.29. The molecule has 0 aromatic heterocycles. The molecule has 1 fully saturated rings. The topological polar surface area (TPSA) is 12.0 Å². The van der Waals surface area contributed by atoms with Crippen molar-refractivity contribution in [3.8, 4) is 0 Å². The normalized spacial score (nSPS) is 23.9. The molecule has 0 spiro atoms. The van der Waals surface area contributed by atoms with Crippen molar-refractivity contribution in [2.45, 2.75) is 51.5 Å². The molecule has 18 heavy (non-hydrogen) atoms. The Balaban J connectivity index is 1.87. The molecule has 0 bridgehead atoms. The minimum absolute atomic E-state index is 0.649. The Morgan fingerprint density at radius 3 is 2.50 bits per heavy atom. The van der Waals surface area contributed by atoms with Gasteiger partial charge in [-0.3, -0.25) is 0 Å². The van der Waals surface area contributed by atoms with Gasteiger partial charge in [0.1, 0.15) is 0 Å². The number of benzene rings is 1. The molecule has 0 radical (unpaired) electrons. The van der Waals surface area contributed by atoms with Gasteiger partial charge in [0.25, 0.3) is 0 Å². The molecule has 1 aromatic carbocycles. The van der Waals surface area contributed by atoms with Crippen LogP contribution in [0.5, 0.6) is 0 Å². The highest BCUT2D eigenvalue weighted by Crippen LogP contribution is 2.32. The van der Waals surface area contributed by atoms with E-state index in [0.29, 0.717) is 6.04 Å². The van der Waals surface area contributed by atoms with Gasteiger partial charge < -0.3 is 5.32 Å². The lowest BCUT2D eigenvalue weighted by molar-refractivity contribution is 0.319. The number of rotatable bonds is 4. The molecule has 0 aliphatic heterocycles. The Labute approximate surface area is 127 Å². The summed E-state index contributed by atoms with van der Waals surface area (Å²) >= 11 is 7.11. The average molecular weight is 375 g/mol. The fourth-order valence-corrected chi connectivity index (χ4v) is 3.99. The van der Waals surface area contributed by atoms with Crippen LogP contribution in [-0.2, 0) is 0 Å². The lowest BCUT2D eigenvalue weighted by Gasteiger charge is -2.30. The second kappa shape index (κ2) is 6.95. The summed E-state index contributed by atoms with van der Waals surface area (Å²) in [5, 5.41) is 3.67. The predicted octanol–water partition coefficient (Wildman–Crippen LogP) is 5.98. The summed E-state index contributed by atoms with van der Waals surface area (Å²) in [5.41, 5.74) is 1.22. The largest absolute Gasteiger partial charge is 0.381 e. The van der Waals surface area contributed by atoms with Crippen LogP contribution in [0.1, 0.15) is 45.4 Å². The van der Waals surface area contributed by atoms with Crippen LogP contribution in [0.15, 0.2) is 27.1 Å². The summed E-state index contributed by atoms with van der Waals surface area (Å²) < 4.78 is 2.26. The van der Waals surface area contributed by atoms with Crippen molar-refractivity contribution in [2.24, 2.45) is 5.92 Å². The maximum atomic E-state index is 3.67. The lowest BCUT2D eigenvalue weighted by atomic mass is 9.83. The number of hydrogen-bond acceptors (Lipinski definition) is 1. The second-order valence-electron chi connectivity index (χ2n) is 5.27. The highest BCUT2D eigenvalue weighted by atomic mass is 79.9. The molecule has 0 saturated heterocycles. The molecule has 1 aliphatic carbocycles. The van der Waals surface area contributed by atoms with Gasteiger partial charge in [-0.15, -0.1) is 0 Å². The average Bonchev–Trinajstić information content (AvgIpc) is 2.35. The first kappa shape index (κ1) is 14.4. The smallest absolute Gasteiger partial charge is 0.0487 e. The van der Waals surface area contributed by atoms with Crippen molar-refractivity contribution >= 4 is 37.5 Å². The van der Waals surface area contributed by atoms with Gasteiger partial charge in [-0.2, -0.15) is 0 Å². The van der Waals surface area contributed by atoms with E-state index in [2.05, 4.69) is 62.3 Å². The van der Waals surface area contributed by atoms with E-state index >= 15 is 0 Å². The minimum atomic E-state index is 0.649. The van der Waals surface area contributed by atoms with Crippen LogP contribution in [-0.4, -0.2) is 6.04 Å². The molecular formula is C15H21Br2N. The van der Waals surface area contributed by atoms with Crippen molar-refractivity contribution in [3.05, 3.63) is 27.1 Å². The lowest BCUT2D eigenvalue weighted by Crippen LogP contribution is -2.26. The summed E-state index contributed by atoms with van der Waals surface area (Å²) in [6.07, 6.45) is 8.15. The van der Waals surface area contributed by atoms with E-state index in [-0.39, 0.29) is 0 Å². The number of halogens is 2. The number of nitrogens with one attached hydrogen (secondary N) is 1. The molecule has 1 nitrogen and oxygen atoms in total. The van der Waals surface area contributed by atoms with E-state index in [0.717, 1.165) is 14.9 Å². The highest BCUT2D eigenvalue weighted by molar-refractivity contribution is 9.11. The van der Waals surface area contributed by atoms with Gasteiger partial charge in [0.2, 0.25) is 0 Å². The quantitative estimate of drug-likeness (QED) is 0.683. The number of anilines is 1. The fraction of sp³-hybridized carbons (Fsp3) is 0.600. The van der Waals surface area contributed by atoms with Gasteiger partial charge >= 0.3 is 0 Å². The third-order valence-corrected chi connectivity index (χ3v) is 4.98. The van der Waals surface area contributed by atoms with Crippen LogP contribution < -0.4 is 5.32 Å². The zero-order valence-corrected chi connectivity index (χ0v) is 14.1. The maximum Gasteiger partial charge on any atom is 0.0487 e. The van der Waals surface area contributed by atoms with Gasteiger partial charge in [-0.25, -0.2) is 0 Å². The van der Waals surface area contributed by atoms with E-state index in [1.165, 1.54) is 44.2 Å². The van der Waals surface area contributed by atoms with Crippen LogP contribution in [0, 0.1) is 5.92 Å². The Morgan fingerprint density at radius 2 is 1.89 bits per heavy atom. The molecule has 0 unspecified atom stereocenters. The van der Waals surface area contributed by atoms with Crippen LogP contribution >= 0.6 is 31.9 Å². The van der Waals surface area contributed by atoms with Crippen LogP contribution in [0.2, 0.25) is 0 Å². The molecule has 1 N–H and O–H groups in total. The Morgan fingerprint density at radius 1 is 1.17 bits per heavy atom. The summed E-state index contributed by atoms with van der Waals surface area (Å²) in [4.78, 5) is 0. The number of hydrogen-bond donors (Lipinski definition) is 1. The summed E-state index contributed by atoms with van der Waals surface area (Å²) in [6, 6.07) is 6.99. The third kappa shape index (κ3) is 3.99. The molecule has 2 rings (SSSR count). The molecule has 0 heterocycles. The second-order valence-corrected chi connectivity index (χ2v) is 7.04. The van der Waals surface area contributed by atoms with Gasteiger partial charge in [0, 0.05) is 20.7 Å². The van der Waals surface area contributed by atoms with Crippen molar-refractivity contribution in [1.29, 1.82) is 0 Å². The third-order valence-electron chi connectivity index (χ3n) is 3.83. The van der Waals surface area contributed by atoms with Gasteiger partial charge in [0.05, 0.1) is 0 Å². The first-order valence-corrected chi connectivity index (χ1v) is 8.49. The summed E-state index contributed by atoms with van der Waals surface area (Å²) in [7, 11) is 0. The van der Waals surface area contributed by atoms with Crippen molar-refractivity contribution in [3.63, 3.8) is 0 Å². The highest BCUT2D eigenvalue weighted by Gasteiger charge is 2.20. The minimum Gasteiger partial charge on any atom is -0.381 e. The molecule has 3 heteroatoms. The molecule has 1 aliphatic rings. The SMILES string of the molecule is CCCC1CCC(Nc2ccc(Br)cc2Br)CC1. The zero-order valence-electron chi connectivity index (χ0n) is 10.9.